The third kappa shape index (κ3) is 3.34. The van der Waals surface area contributed by atoms with Gasteiger partial charge in [-0.3, -0.25) is 0 Å². The molecular formula is C14H16N2OS. The van der Waals surface area contributed by atoms with Crippen LogP contribution in [0.1, 0.15) is 11.3 Å². The maximum Gasteiger partial charge on any atom is 0.169 e. The molecule has 3 nitrogen and oxygen atoms in total. The minimum Gasteiger partial charge on any atom is -0.467 e. The first-order chi connectivity index (χ1) is 8.79. The molecule has 0 spiro atoms. The second-order valence-electron chi connectivity index (χ2n) is 3.98. The van der Waals surface area contributed by atoms with Gasteiger partial charge < -0.3 is 14.6 Å². The SMILES string of the molecule is CNC(=S)N(Cc1ccccc1)Cc1ccco1. The van der Waals surface area contributed by atoms with E-state index < -0.39 is 0 Å². The van der Waals surface area contributed by atoms with Crippen molar-refractivity contribution in [1.82, 2.24) is 10.2 Å². The summed E-state index contributed by atoms with van der Waals surface area (Å²) in [4.78, 5) is 2.07. The number of nitrogens with one attached hydrogen (secondary N) is 1. The second-order valence-corrected chi connectivity index (χ2v) is 4.36. The van der Waals surface area contributed by atoms with E-state index in [4.69, 9.17) is 16.6 Å². The summed E-state index contributed by atoms with van der Waals surface area (Å²) in [5, 5.41) is 3.73. The Morgan fingerprint density at radius 2 is 1.94 bits per heavy atom. The molecule has 0 aliphatic rings. The number of thiocarbonyl (C=S) groups is 1. The van der Waals surface area contributed by atoms with Crippen LogP contribution in [0.15, 0.2) is 53.1 Å². The molecule has 0 fully saturated rings. The maximum atomic E-state index is 5.37. The van der Waals surface area contributed by atoms with E-state index in [9.17, 15) is 0 Å². The molecule has 0 amide bonds. The van der Waals surface area contributed by atoms with E-state index in [0.29, 0.717) is 6.54 Å². The van der Waals surface area contributed by atoms with E-state index in [1.54, 1.807) is 6.26 Å². The topological polar surface area (TPSA) is 28.4 Å². The second kappa shape index (κ2) is 6.21. The molecule has 1 aromatic carbocycles. The van der Waals surface area contributed by atoms with Crippen molar-refractivity contribution in [3.63, 3.8) is 0 Å². The molecular weight excluding hydrogens is 244 g/mol. The van der Waals surface area contributed by atoms with Gasteiger partial charge in [0.05, 0.1) is 12.8 Å². The summed E-state index contributed by atoms with van der Waals surface area (Å²) in [5.74, 6) is 0.906. The first-order valence-electron chi connectivity index (χ1n) is 5.82. The molecule has 94 valence electrons. The Labute approximate surface area is 112 Å². The average molecular weight is 260 g/mol. The summed E-state index contributed by atoms with van der Waals surface area (Å²) < 4.78 is 5.37. The van der Waals surface area contributed by atoms with Gasteiger partial charge in [0.15, 0.2) is 5.11 Å². The van der Waals surface area contributed by atoms with Gasteiger partial charge in [0, 0.05) is 13.6 Å². The van der Waals surface area contributed by atoms with Crippen LogP contribution in [0, 0.1) is 0 Å². The van der Waals surface area contributed by atoms with Crippen molar-refractivity contribution in [1.29, 1.82) is 0 Å². The zero-order valence-corrected chi connectivity index (χ0v) is 11.1. The van der Waals surface area contributed by atoms with Gasteiger partial charge in [-0.25, -0.2) is 0 Å². The third-order valence-corrected chi connectivity index (χ3v) is 3.11. The van der Waals surface area contributed by atoms with Gasteiger partial charge in [-0.2, -0.15) is 0 Å². The van der Waals surface area contributed by atoms with E-state index in [1.807, 2.05) is 37.4 Å². The molecule has 0 radical (unpaired) electrons. The Balaban J connectivity index is 2.08. The fourth-order valence-electron chi connectivity index (χ4n) is 1.75. The van der Waals surface area contributed by atoms with Crippen LogP contribution in [0.2, 0.25) is 0 Å². The summed E-state index contributed by atoms with van der Waals surface area (Å²) in [6.45, 7) is 1.43. The first-order valence-corrected chi connectivity index (χ1v) is 6.23. The third-order valence-electron chi connectivity index (χ3n) is 2.64. The van der Waals surface area contributed by atoms with Crippen molar-refractivity contribution in [2.75, 3.05) is 7.05 Å². The minimum absolute atomic E-state index is 0.668. The molecule has 2 rings (SSSR count). The first kappa shape index (κ1) is 12.6. The van der Waals surface area contributed by atoms with Crippen molar-refractivity contribution in [2.24, 2.45) is 0 Å². The normalized spacial score (nSPS) is 10.1. The fraction of sp³-hybridized carbons (Fsp3) is 0.214. The lowest BCUT2D eigenvalue weighted by Crippen LogP contribution is -2.36. The van der Waals surface area contributed by atoms with Gasteiger partial charge in [-0.15, -0.1) is 0 Å². The number of nitrogens with zero attached hydrogens (tertiary/aromatic N) is 1. The van der Waals surface area contributed by atoms with Crippen LogP contribution >= 0.6 is 12.2 Å². The van der Waals surface area contributed by atoms with E-state index in [2.05, 4.69) is 22.3 Å². The Bertz CT molecular complexity index is 482. The molecule has 1 heterocycles. The van der Waals surface area contributed by atoms with Gasteiger partial charge in [-0.1, -0.05) is 30.3 Å². The lowest BCUT2D eigenvalue weighted by atomic mass is 10.2. The Morgan fingerprint density at radius 1 is 1.17 bits per heavy atom. The number of benzene rings is 1. The van der Waals surface area contributed by atoms with Gasteiger partial charge >= 0.3 is 0 Å². The Hall–Kier alpha value is -1.81. The van der Waals surface area contributed by atoms with Crippen LogP contribution in [-0.2, 0) is 13.1 Å². The minimum atomic E-state index is 0.668. The zero-order chi connectivity index (χ0) is 12.8. The number of furan rings is 1. The molecule has 2 aromatic rings. The quantitative estimate of drug-likeness (QED) is 0.856. The van der Waals surface area contributed by atoms with Crippen LogP contribution < -0.4 is 5.32 Å². The van der Waals surface area contributed by atoms with Crippen LogP contribution in [0.5, 0.6) is 0 Å². The van der Waals surface area contributed by atoms with E-state index in [0.717, 1.165) is 17.4 Å². The molecule has 0 saturated heterocycles. The lowest BCUT2D eigenvalue weighted by molar-refractivity contribution is 0.353. The summed E-state index contributed by atoms with van der Waals surface area (Å²) in [6, 6.07) is 14.1. The van der Waals surface area contributed by atoms with Crippen molar-refractivity contribution in [3.8, 4) is 0 Å². The zero-order valence-electron chi connectivity index (χ0n) is 10.3. The Morgan fingerprint density at radius 3 is 2.56 bits per heavy atom. The van der Waals surface area contributed by atoms with Crippen molar-refractivity contribution < 1.29 is 4.42 Å². The molecule has 1 aromatic heterocycles. The predicted molar refractivity (Wildman–Crippen MR) is 76.1 cm³/mol. The molecule has 0 aliphatic carbocycles. The number of rotatable bonds is 4. The van der Waals surface area contributed by atoms with Crippen LogP contribution in [0.25, 0.3) is 0 Å². The number of hydrogen-bond acceptors (Lipinski definition) is 2. The molecule has 0 bridgehead atoms. The summed E-state index contributed by atoms with van der Waals surface area (Å²) in [7, 11) is 1.84. The highest BCUT2D eigenvalue weighted by Crippen LogP contribution is 2.10. The summed E-state index contributed by atoms with van der Waals surface area (Å²) in [5.41, 5.74) is 1.22. The van der Waals surface area contributed by atoms with Gasteiger partial charge in [0.25, 0.3) is 0 Å². The van der Waals surface area contributed by atoms with Crippen molar-refractivity contribution in [2.45, 2.75) is 13.1 Å². The highest BCUT2D eigenvalue weighted by atomic mass is 32.1. The molecule has 0 aliphatic heterocycles. The van der Waals surface area contributed by atoms with Crippen LogP contribution in [0.3, 0.4) is 0 Å². The summed E-state index contributed by atoms with van der Waals surface area (Å²) in [6.07, 6.45) is 1.68. The maximum absolute atomic E-state index is 5.37. The van der Waals surface area contributed by atoms with Crippen LogP contribution in [0.4, 0.5) is 0 Å². The molecule has 0 unspecified atom stereocenters. The molecule has 0 atom stereocenters. The molecule has 0 saturated carbocycles. The molecule has 4 heteroatoms. The number of hydrogen-bond donors (Lipinski definition) is 1. The fourth-order valence-corrected chi connectivity index (χ4v) is 1.88. The average Bonchev–Trinajstić information content (AvgIpc) is 2.91. The molecule has 18 heavy (non-hydrogen) atoms. The van der Waals surface area contributed by atoms with Gasteiger partial charge in [0.2, 0.25) is 0 Å². The van der Waals surface area contributed by atoms with Gasteiger partial charge in [0.1, 0.15) is 5.76 Å². The Kier molecular flexibility index (Phi) is 4.36. The smallest absolute Gasteiger partial charge is 0.169 e. The van der Waals surface area contributed by atoms with Crippen molar-refractivity contribution in [3.05, 3.63) is 60.1 Å². The van der Waals surface area contributed by atoms with Crippen LogP contribution in [-0.4, -0.2) is 17.1 Å². The highest BCUT2D eigenvalue weighted by Gasteiger charge is 2.11. The standard InChI is InChI=1S/C14H16N2OS/c1-15-14(18)16(11-13-8-5-9-17-13)10-12-6-3-2-4-7-12/h2-9H,10-11H2,1H3,(H,15,18). The van der Waals surface area contributed by atoms with E-state index in [1.165, 1.54) is 5.56 Å². The summed E-state index contributed by atoms with van der Waals surface area (Å²) >= 11 is 5.32. The van der Waals surface area contributed by atoms with Gasteiger partial charge in [-0.05, 0) is 29.9 Å². The highest BCUT2D eigenvalue weighted by molar-refractivity contribution is 7.80. The lowest BCUT2D eigenvalue weighted by Gasteiger charge is -2.24. The predicted octanol–water partition coefficient (Wildman–Crippen LogP) is 2.79. The van der Waals surface area contributed by atoms with E-state index >= 15 is 0 Å². The van der Waals surface area contributed by atoms with E-state index in [-0.39, 0.29) is 0 Å². The largest absolute Gasteiger partial charge is 0.467 e. The monoisotopic (exact) mass is 260 g/mol. The van der Waals surface area contributed by atoms with Crippen molar-refractivity contribution >= 4 is 17.3 Å². The molecule has 1 N–H and O–H groups in total.